The van der Waals surface area contributed by atoms with Gasteiger partial charge in [-0.2, -0.15) is 17.2 Å². The van der Waals surface area contributed by atoms with Crippen LogP contribution in [0.25, 0.3) is 0 Å². The molecule has 1 N–H and O–H groups in total. The molecular formula is C25H20F4I2O7S. The maximum atomic E-state index is 14.2. The number of esters is 1. The minimum absolute atomic E-state index is 0.151. The quantitative estimate of drug-likeness (QED) is 0.0455. The third kappa shape index (κ3) is 7.32. The van der Waals surface area contributed by atoms with Crippen LogP contribution in [0, 0.1) is 30.4 Å². The van der Waals surface area contributed by atoms with Crippen LogP contribution in [-0.4, -0.2) is 32.2 Å². The van der Waals surface area contributed by atoms with Crippen molar-refractivity contribution in [1.82, 2.24) is 0 Å². The summed E-state index contributed by atoms with van der Waals surface area (Å²) in [7, 11) is -5.65. The molecule has 0 saturated carbocycles. The van der Waals surface area contributed by atoms with Crippen molar-refractivity contribution < 1.29 is 49.5 Å². The van der Waals surface area contributed by atoms with Crippen molar-refractivity contribution in [3.63, 3.8) is 0 Å². The summed E-state index contributed by atoms with van der Waals surface area (Å²) in [4.78, 5) is 10.3. The Labute approximate surface area is 248 Å². The van der Waals surface area contributed by atoms with Crippen molar-refractivity contribution in [3.05, 3.63) is 77.9 Å². The Balaban J connectivity index is 1.69. The number of halogens is 6. The first-order valence-electron chi connectivity index (χ1n) is 11.2. The van der Waals surface area contributed by atoms with E-state index in [1.54, 1.807) is 0 Å². The van der Waals surface area contributed by atoms with Crippen LogP contribution in [0.5, 0.6) is 17.2 Å². The summed E-state index contributed by atoms with van der Waals surface area (Å²) in [6.45, 7) is 4.61. The molecule has 1 atom stereocenters. The zero-order chi connectivity index (χ0) is 29.1. The molecular weight excluding hydrogens is 774 g/mol. The molecule has 0 heterocycles. The molecule has 0 amide bonds. The van der Waals surface area contributed by atoms with Crippen molar-refractivity contribution in [2.45, 2.75) is 31.1 Å². The third-order valence-electron chi connectivity index (χ3n) is 5.53. The lowest BCUT2D eigenvalue weighted by Crippen LogP contribution is -2.16. The van der Waals surface area contributed by atoms with E-state index in [-0.39, 0.29) is 18.8 Å². The minimum Gasteiger partial charge on any atom is -0.490 e. The molecule has 14 heteroatoms. The van der Waals surface area contributed by atoms with E-state index in [0.717, 1.165) is 6.42 Å². The SMILES string of the molecule is CCC(C)c1ccc(OCCOc2c(I)cc(C(=O)Oc3c(F)c(F)c(S(=O)(=O)O)c(F)c3F)cc2I)cc1. The second-order valence-corrected chi connectivity index (χ2v) is 11.8. The van der Waals surface area contributed by atoms with E-state index in [0.29, 0.717) is 24.6 Å². The fraction of sp³-hybridized carbons (Fsp3) is 0.240. The molecule has 7 nitrogen and oxygen atoms in total. The first-order chi connectivity index (χ1) is 18.3. The average Bonchev–Trinajstić information content (AvgIpc) is 2.88. The topological polar surface area (TPSA) is 99.1 Å². The smallest absolute Gasteiger partial charge is 0.343 e. The average molecular weight is 794 g/mol. The summed E-state index contributed by atoms with van der Waals surface area (Å²) in [6.07, 6.45) is 1.02. The second kappa shape index (κ2) is 13.0. The standard InChI is InChI=1S/C25H20F4I2O7S/c1-3-12(2)13-4-6-15(7-5-13)36-8-9-37-22-16(30)10-14(11-17(22)31)25(32)38-23-18(26)20(28)24(39(33,34)35)21(29)19(23)27/h4-7,10-12H,3,8-9H2,1-2H3,(H,33,34,35). The Kier molecular flexibility index (Phi) is 10.4. The van der Waals surface area contributed by atoms with Gasteiger partial charge in [0.05, 0.1) is 12.7 Å². The molecule has 0 aliphatic rings. The van der Waals surface area contributed by atoms with Crippen LogP contribution in [0.1, 0.15) is 42.1 Å². The number of carbonyl (C=O) groups is 1. The van der Waals surface area contributed by atoms with E-state index in [1.807, 2.05) is 69.4 Å². The molecule has 0 bridgehead atoms. The molecule has 1 unspecified atom stereocenters. The Morgan fingerprint density at radius 2 is 1.41 bits per heavy atom. The van der Waals surface area contributed by atoms with Gasteiger partial charge in [0.1, 0.15) is 24.7 Å². The molecule has 0 fully saturated rings. The summed E-state index contributed by atoms with van der Waals surface area (Å²) in [5.74, 6) is -11.2. The Morgan fingerprint density at radius 3 is 1.90 bits per heavy atom. The van der Waals surface area contributed by atoms with E-state index >= 15 is 0 Å². The zero-order valence-corrected chi connectivity index (χ0v) is 25.4. The van der Waals surface area contributed by atoms with Crippen molar-refractivity contribution in [3.8, 4) is 17.2 Å². The lowest BCUT2D eigenvalue weighted by molar-refractivity contribution is 0.0716. The lowest BCUT2D eigenvalue weighted by Gasteiger charge is -2.14. The van der Waals surface area contributed by atoms with Gasteiger partial charge in [0, 0.05) is 0 Å². The number of carbonyl (C=O) groups excluding carboxylic acids is 1. The Morgan fingerprint density at radius 1 is 0.897 bits per heavy atom. The van der Waals surface area contributed by atoms with Gasteiger partial charge in [0.15, 0.2) is 16.5 Å². The fourth-order valence-corrected chi connectivity index (χ4v) is 6.02. The molecule has 210 valence electrons. The monoisotopic (exact) mass is 794 g/mol. The molecule has 39 heavy (non-hydrogen) atoms. The maximum absolute atomic E-state index is 14.2. The largest absolute Gasteiger partial charge is 0.490 e. The molecule has 0 aromatic heterocycles. The molecule has 0 saturated heterocycles. The van der Waals surface area contributed by atoms with Gasteiger partial charge >= 0.3 is 16.1 Å². The summed E-state index contributed by atoms with van der Waals surface area (Å²) >= 11 is 3.70. The van der Waals surface area contributed by atoms with Crippen LogP contribution in [0.2, 0.25) is 0 Å². The third-order valence-corrected chi connectivity index (χ3v) is 8.01. The summed E-state index contributed by atoms with van der Waals surface area (Å²) < 4.78 is 104. The first kappa shape index (κ1) is 31.3. The highest BCUT2D eigenvalue weighted by atomic mass is 127. The highest BCUT2D eigenvalue weighted by Crippen LogP contribution is 2.34. The van der Waals surface area contributed by atoms with Crippen LogP contribution < -0.4 is 14.2 Å². The lowest BCUT2D eigenvalue weighted by atomic mass is 9.99. The first-order valence-corrected chi connectivity index (χ1v) is 14.8. The highest BCUT2D eigenvalue weighted by molar-refractivity contribution is 14.1. The molecule has 3 rings (SSSR count). The minimum atomic E-state index is -5.65. The summed E-state index contributed by atoms with van der Waals surface area (Å²) in [6, 6.07) is 10.2. The number of benzene rings is 3. The molecule has 0 aliphatic heterocycles. The Hall–Kier alpha value is -2.18. The molecule has 3 aromatic rings. The normalized spacial score (nSPS) is 12.2. The van der Waals surface area contributed by atoms with Crippen molar-refractivity contribution in [1.29, 1.82) is 0 Å². The molecule has 3 aromatic carbocycles. The van der Waals surface area contributed by atoms with Gasteiger partial charge in [-0.15, -0.1) is 0 Å². The highest BCUT2D eigenvalue weighted by Gasteiger charge is 2.34. The summed E-state index contributed by atoms with van der Waals surface area (Å²) in [5.41, 5.74) is 0.965. The van der Waals surface area contributed by atoms with E-state index < -0.39 is 50.0 Å². The van der Waals surface area contributed by atoms with E-state index in [9.17, 15) is 30.8 Å². The van der Waals surface area contributed by atoms with Gasteiger partial charge in [0.2, 0.25) is 17.4 Å². The van der Waals surface area contributed by atoms with Gasteiger partial charge in [-0.05, 0) is 87.3 Å². The molecule has 0 radical (unpaired) electrons. The van der Waals surface area contributed by atoms with Crippen LogP contribution in [0.4, 0.5) is 17.6 Å². The predicted octanol–water partition coefficient (Wildman–Crippen LogP) is 6.89. The van der Waals surface area contributed by atoms with E-state index in [2.05, 4.69) is 18.6 Å². The van der Waals surface area contributed by atoms with Crippen LogP contribution in [-0.2, 0) is 10.1 Å². The van der Waals surface area contributed by atoms with Crippen LogP contribution in [0.3, 0.4) is 0 Å². The number of hydrogen-bond donors (Lipinski definition) is 1. The van der Waals surface area contributed by atoms with Crippen molar-refractivity contribution in [2.75, 3.05) is 13.2 Å². The van der Waals surface area contributed by atoms with Crippen LogP contribution >= 0.6 is 45.2 Å². The van der Waals surface area contributed by atoms with Gasteiger partial charge in [-0.25, -0.2) is 13.6 Å². The predicted molar refractivity (Wildman–Crippen MR) is 149 cm³/mol. The number of rotatable bonds is 10. The van der Waals surface area contributed by atoms with Gasteiger partial charge in [0.25, 0.3) is 0 Å². The van der Waals surface area contributed by atoms with E-state index in [4.69, 9.17) is 14.0 Å². The van der Waals surface area contributed by atoms with Gasteiger partial charge in [-0.3, -0.25) is 4.55 Å². The second-order valence-electron chi connectivity index (χ2n) is 8.12. The van der Waals surface area contributed by atoms with Crippen molar-refractivity contribution >= 4 is 61.3 Å². The maximum Gasteiger partial charge on any atom is 0.343 e. The zero-order valence-electron chi connectivity index (χ0n) is 20.2. The molecule has 0 aliphatic carbocycles. The fourth-order valence-electron chi connectivity index (χ4n) is 3.31. The van der Waals surface area contributed by atoms with Gasteiger partial charge in [-0.1, -0.05) is 26.0 Å². The van der Waals surface area contributed by atoms with Crippen molar-refractivity contribution in [2.24, 2.45) is 0 Å². The number of hydrogen-bond acceptors (Lipinski definition) is 6. The number of ether oxygens (including phenoxy) is 3. The summed E-state index contributed by atoms with van der Waals surface area (Å²) in [5, 5.41) is 0. The molecule has 0 spiro atoms. The van der Waals surface area contributed by atoms with Gasteiger partial charge < -0.3 is 14.2 Å². The Bertz CT molecular complexity index is 1450. The van der Waals surface area contributed by atoms with E-state index in [1.165, 1.54) is 17.7 Å². The van der Waals surface area contributed by atoms with Crippen LogP contribution in [0.15, 0.2) is 41.3 Å².